The molecule has 0 aliphatic heterocycles. The van der Waals surface area contributed by atoms with Crippen molar-refractivity contribution in [1.82, 2.24) is 9.97 Å². The zero-order valence-corrected chi connectivity index (χ0v) is 12.2. The number of benzene rings is 1. The fourth-order valence-electron chi connectivity index (χ4n) is 1.93. The molecule has 106 valence electrons. The molecule has 0 radical (unpaired) electrons. The number of rotatable bonds is 4. The number of aromatic nitrogens is 2. The van der Waals surface area contributed by atoms with Gasteiger partial charge in [0.25, 0.3) is 0 Å². The predicted molar refractivity (Wildman–Crippen MR) is 81.9 cm³/mol. The first-order chi connectivity index (χ1) is 10.3. The van der Waals surface area contributed by atoms with E-state index < -0.39 is 0 Å². The summed E-state index contributed by atoms with van der Waals surface area (Å²) in [6, 6.07) is 10.1. The van der Waals surface area contributed by atoms with Crippen LogP contribution in [0.2, 0.25) is 0 Å². The maximum atomic E-state index is 13.0. The molecule has 0 unspecified atom stereocenters. The maximum absolute atomic E-state index is 13.0. The van der Waals surface area contributed by atoms with Gasteiger partial charge in [-0.1, -0.05) is 0 Å². The highest BCUT2D eigenvalue weighted by atomic mass is 32.1. The fourth-order valence-corrected chi connectivity index (χ4v) is 2.75. The molecule has 21 heavy (non-hydrogen) atoms. The predicted octanol–water partition coefficient (Wildman–Crippen LogP) is 4.41. The third kappa shape index (κ3) is 3.08. The summed E-state index contributed by atoms with van der Waals surface area (Å²) in [7, 11) is 0. The second-order valence-corrected chi connectivity index (χ2v) is 5.22. The molecule has 0 atom stereocenters. The third-order valence-corrected chi connectivity index (χ3v) is 3.81. The van der Waals surface area contributed by atoms with E-state index in [-0.39, 0.29) is 5.82 Å². The second-order valence-electron chi connectivity index (χ2n) is 4.36. The topological polar surface area (TPSA) is 35.0 Å². The Hall–Kier alpha value is -2.27. The molecule has 3 rings (SSSR count). The van der Waals surface area contributed by atoms with Gasteiger partial charge in [-0.15, -0.1) is 11.3 Å². The van der Waals surface area contributed by atoms with E-state index in [0.717, 1.165) is 21.8 Å². The number of hydrogen-bond acceptors (Lipinski definition) is 4. The molecule has 2 heterocycles. The Morgan fingerprint density at radius 2 is 1.95 bits per heavy atom. The smallest absolute Gasteiger partial charge is 0.213 e. The molecule has 0 aliphatic rings. The summed E-state index contributed by atoms with van der Waals surface area (Å²) in [5, 5.41) is 2.85. The van der Waals surface area contributed by atoms with E-state index in [2.05, 4.69) is 9.97 Å². The van der Waals surface area contributed by atoms with Crippen molar-refractivity contribution < 1.29 is 9.13 Å². The summed E-state index contributed by atoms with van der Waals surface area (Å²) >= 11 is 1.54. The third-order valence-electron chi connectivity index (χ3n) is 2.92. The average molecular weight is 300 g/mol. The molecule has 3 aromatic rings. The Labute approximate surface area is 126 Å². The molecule has 0 fully saturated rings. The van der Waals surface area contributed by atoms with E-state index in [1.165, 1.54) is 12.1 Å². The standard InChI is InChI=1S/C16H13FN2OS/c1-2-20-15-9-12(7-8-18-15)16-19-14(10-21-16)11-3-5-13(17)6-4-11/h3-10H,2H2,1H3. The Morgan fingerprint density at radius 3 is 2.71 bits per heavy atom. The van der Waals surface area contributed by atoms with Crippen molar-refractivity contribution >= 4 is 11.3 Å². The van der Waals surface area contributed by atoms with Crippen LogP contribution in [0.1, 0.15) is 6.92 Å². The molecule has 0 N–H and O–H groups in total. The minimum Gasteiger partial charge on any atom is -0.478 e. The number of ether oxygens (including phenoxy) is 1. The number of thiazole rings is 1. The Balaban J connectivity index is 1.91. The zero-order chi connectivity index (χ0) is 14.7. The zero-order valence-electron chi connectivity index (χ0n) is 11.4. The van der Waals surface area contributed by atoms with Gasteiger partial charge in [-0.2, -0.15) is 0 Å². The van der Waals surface area contributed by atoms with Gasteiger partial charge in [0.05, 0.1) is 12.3 Å². The van der Waals surface area contributed by atoms with Gasteiger partial charge < -0.3 is 4.74 Å². The minimum absolute atomic E-state index is 0.246. The molecule has 3 nitrogen and oxygen atoms in total. The first-order valence-corrected chi connectivity index (χ1v) is 7.45. The lowest BCUT2D eigenvalue weighted by Crippen LogP contribution is -1.93. The van der Waals surface area contributed by atoms with Crippen molar-refractivity contribution in [3.05, 3.63) is 53.8 Å². The number of pyridine rings is 1. The number of hydrogen-bond donors (Lipinski definition) is 0. The number of nitrogens with zero attached hydrogens (tertiary/aromatic N) is 2. The maximum Gasteiger partial charge on any atom is 0.213 e. The van der Waals surface area contributed by atoms with Gasteiger partial charge >= 0.3 is 0 Å². The first kappa shape index (κ1) is 13.7. The lowest BCUT2D eigenvalue weighted by atomic mass is 10.2. The van der Waals surface area contributed by atoms with Crippen molar-refractivity contribution in [3.63, 3.8) is 0 Å². The number of halogens is 1. The lowest BCUT2D eigenvalue weighted by molar-refractivity contribution is 0.327. The molecule has 0 saturated heterocycles. The van der Waals surface area contributed by atoms with E-state index >= 15 is 0 Å². The molecular formula is C16H13FN2OS. The molecule has 5 heteroatoms. The highest BCUT2D eigenvalue weighted by Gasteiger charge is 2.08. The second kappa shape index (κ2) is 6.01. The average Bonchev–Trinajstić information content (AvgIpc) is 2.98. The molecule has 0 aliphatic carbocycles. The van der Waals surface area contributed by atoms with Crippen LogP contribution in [0.25, 0.3) is 21.8 Å². The largest absolute Gasteiger partial charge is 0.478 e. The highest BCUT2D eigenvalue weighted by Crippen LogP contribution is 2.30. The summed E-state index contributed by atoms with van der Waals surface area (Å²) in [5.74, 6) is 0.346. The van der Waals surface area contributed by atoms with Crippen molar-refractivity contribution in [2.45, 2.75) is 6.92 Å². The Morgan fingerprint density at radius 1 is 1.14 bits per heavy atom. The van der Waals surface area contributed by atoms with Crippen molar-refractivity contribution in [1.29, 1.82) is 0 Å². The van der Waals surface area contributed by atoms with Crippen molar-refractivity contribution in [2.75, 3.05) is 6.61 Å². The van der Waals surface area contributed by atoms with Crippen LogP contribution in [0.5, 0.6) is 5.88 Å². The van der Waals surface area contributed by atoms with E-state index in [4.69, 9.17) is 4.74 Å². The highest BCUT2D eigenvalue weighted by molar-refractivity contribution is 7.13. The monoisotopic (exact) mass is 300 g/mol. The van der Waals surface area contributed by atoms with Gasteiger partial charge in [0.2, 0.25) is 5.88 Å². The normalized spacial score (nSPS) is 10.6. The molecule has 1 aromatic carbocycles. The van der Waals surface area contributed by atoms with Crippen LogP contribution in [-0.4, -0.2) is 16.6 Å². The SMILES string of the molecule is CCOc1cc(-c2nc(-c3ccc(F)cc3)cs2)ccn1. The van der Waals surface area contributed by atoms with Gasteiger partial charge in [0.15, 0.2) is 0 Å². The molecule has 0 spiro atoms. The van der Waals surface area contributed by atoms with Gasteiger partial charge in [-0.25, -0.2) is 14.4 Å². The summed E-state index contributed by atoms with van der Waals surface area (Å²) in [5.41, 5.74) is 2.70. The van der Waals surface area contributed by atoms with E-state index in [0.29, 0.717) is 12.5 Å². The van der Waals surface area contributed by atoms with E-state index in [1.54, 1.807) is 29.7 Å². The van der Waals surface area contributed by atoms with Crippen LogP contribution < -0.4 is 4.74 Å². The van der Waals surface area contributed by atoms with Crippen LogP contribution in [0.3, 0.4) is 0 Å². The quantitative estimate of drug-likeness (QED) is 0.716. The fraction of sp³-hybridized carbons (Fsp3) is 0.125. The Bertz CT molecular complexity index is 740. The summed E-state index contributed by atoms with van der Waals surface area (Å²) in [4.78, 5) is 8.74. The van der Waals surface area contributed by atoms with Crippen molar-refractivity contribution in [2.24, 2.45) is 0 Å². The summed E-state index contributed by atoms with van der Waals surface area (Å²) < 4.78 is 18.3. The summed E-state index contributed by atoms with van der Waals surface area (Å²) in [6.45, 7) is 2.50. The van der Waals surface area contributed by atoms with Crippen LogP contribution in [-0.2, 0) is 0 Å². The molecule has 2 aromatic heterocycles. The van der Waals surface area contributed by atoms with Crippen molar-refractivity contribution in [3.8, 4) is 27.7 Å². The van der Waals surface area contributed by atoms with E-state index in [1.807, 2.05) is 24.4 Å². The lowest BCUT2D eigenvalue weighted by Gasteiger charge is -2.02. The van der Waals surface area contributed by atoms with Gasteiger partial charge in [0, 0.05) is 28.8 Å². The molecule has 0 amide bonds. The summed E-state index contributed by atoms with van der Waals surface area (Å²) in [6.07, 6.45) is 1.71. The van der Waals surface area contributed by atoms with Gasteiger partial charge in [-0.3, -0.25) is 0 Å². The molecule has 0 saturated carbocycles. The first-order valence-electron chi connectivity index (χ1n) is 6.57. The van der Waals surface area contributed by atoms with Crippen LogP contribution >= 0.6 is 11.3 Å². The van der Waals surface area contributed by atoms with E-state index in [9.17, 15) is 4.39 Å². The molecular weight excluding hydrogens is 287 g/mol. The van der Waals surface area contributed by atoms with Gasteiger partial charge in [-0.05, 0) is 37.3 Å². The van der Waals surface area contributed by atoms with Crippen LogP contribution in [0, 0.1) is 5.82 Å². The van der Waals surface area contributed by atoms with Crippen LogP contribution in [0.4, 0.5) is 4.39 Å². The van der Waals surface area contributed by atoms with Crippen LogP contribution in [0.15, 0.2) is 48.0 Å². The van der Waals surface area contributed by atoms with Gasteiger partial charge in [0.1, 0.15) is 10.8 Å². The molecule has 0 bridgehead atoms. The minimum atomic E-state index is -0.246. The Kier molecular flexibility index (Phi) is 3.92.